The minimum Gasteiger partial charge on any atom is -0.364 e. The number of H-pyrrole nitrogens is 1. The predicted molar refractivity (Wildman–Crippen MR) is 95.8 cm³/mol. The van der Waals surface area contributed by atoms with Gasteiger partial charge in [0, 0.05) is 4.88 Å². The topological polar surface area (TPSA) is 59.4 Å². The molecule has 3 heterocycles. The lowest BCUT2D eigenvalue weighted by Gasteiger charge is -2.32. The smallest absolute Gasteiger partial charge is 0.260 e. The van der Waals surface area contributed by atoms with Crippen LogP contribution in [0.5, 0.6) is 0 Å². The van der Waals surface area contributed by atoms with E-state index in [1.54, 1.807) is 11.3 Å². The number of hydrogen-bond donors (Lipinski definition) is 2. The zero-order valence-corrected chi connectivity index (χ0v) is 15.5. The van der Waals surface area contributed by atoms with E-state index >= 15 is 0 Å². The lowest BCUT2D eigenvalue weighted by molar-refractivity contribution is -0.928. The third-order valence-electron chi connectivity index (χ3n) is 5.25. The van der Waals surface area contributed by atoms with E-state index in [1.165, 1.54) is 21.8 Å². The molecular weight excluding hydrogens is 322 g/mol. The minimum atomic E-state index is 0.0517. The maximum atomic E-state index is 12.7. The van der Waals surface area contributed by atoms with E-state index in [2.05, 4.69) is 25.8 Å². The van der Waals surface area contributed by atoms with Crippen molar-refractivity contribution in [2.24, 2.45) is 5.92 Å². The Labute approximate surface area is 146 Å². The highest BCUT2D eigenvalue weighted by Crippen LogP contribution is 2.35. The molecule has 0 spiro atoms. The largest absolute Gasteiger partial charge is 0.364 e. The van der Waals surface area contributed by atoms with Gasteiger partial charge < -0.3 is 14.6 Å². The molecule has 0 aromatic carbocycles. The molecule has 1 aliphatic carbocycles. The first-order chi connectivity index (χ1) is 11.5. The summed E-state index contributed by atoms with van der Waals surface area (Å²) in [6.45, 7) is 9.21. The van der Waals surface area contributed by atoms with Crippen molar-refractivity contribution in [3.05, 3.63) is 26.6 Å². The van der Waals surface area contributed by atoms with E-state index in [9.17, 15) is 4.79 Å². The summed E-state index contributed by atoms with van der Waals surface area (Å²) in [7, 11) is 0. The molecule has 2 N–H and O–H groups in total. The molecule has 0 radical (unpaired) electrons. The Balaban J connectivity index is 1.65. The van der Waals surface area contributed by atoms with Gasteiger partial charge in [-0.15, -0.1) is 11.3 Å². The van der Waals surface area contributed by atoms with Gasteiger partial charge in [-0.25, -0.2) is 4.98 Å². The number of fused-ring (bicyclic) bond motifs is 3. The van der Waals surface area contributed by atoms with E-state index in [0.717, 1.165) is 48.5 Å². The molecule has 5 nitrogen and oxygen atoms in total. The monoisotopic (exact) mass is 348 g/mol. The quantitative estimate of drug-likeness (QED) is 0.860. The van der Waals surface area contributed by atoms with Crippen molar-refractivity contribution in [3.8, 4) is 0 Å². The zero-order valence-electron chi connectivity index (χ0n) is 14.6. The third kappa shape index (κ3) is 3.03. The molecule has 4 rings (SSSR count). The molecule has 24 heavy (non-hydrogen) atoms. The first-order valence-electron chi connectivity index (χ1n) is 9.02. The molecule has 6 heteroatoms. The van der Waals surface area contributed by atoms with Gasteiger partial charge in [0.2, 0.25) is 0 Å². The van der Waals surface area contributed by atoms with Crippen LogP contribution < -0.4 is 10.5 Å². The molecule has 1 aliphatic heterocycles. The summed E-state index contributed by atoms with van der Waals surface area (Å²) < 4.78 is 5.80. The van der Waals surface area contributed by atoms with E-state index in [0.29, 0.717) is 5.92 Å². The highest BCUT2D eigenvalue weighted by molar-refractivity contribution is 7.18. The summed E-state index contributed by atoms with van der Waals surface area (Å²) in [5, 5.41) is 0.851. The van der Waals surface area contributed by atoms with E-state index in [1.807, 2.05) is 0 Å². The second-order valence-electron chi connectivity index (χ2n) is 7.64. The number of aromatic nitrogens is 2. The van der Waals surface area contributed by atoms with Crippen LogP contribution in [-0.4, -0.2) is 35.3 Å². The molecule has 1 saturated heterocycles. The molecule has 130 valence electrons. The number of rotatable bonds is 2. The Bertz CT molecular complexity index is 802. The van der Waals surface area contributed by atoms with Gasteiger partial charge in [-0.2, -0.15) is 0 Å². The first-order valence-corrected chi connectivity index (χ1v) is 9.83. The van der Waals surface area contributed by atoms with Crippen LogP contribution >= 0.6 is 11.3 Å². The Morgan fingerprint density at radius 1 is 1.29 bits per heavy atom. The van der Waals surface area contributed by atoms with E-state index < -0.39 is 0 Å². The molecular formula is C18H26N3O2S+. The maximum absolute atomic E-state index is 12.7. The number of nitrogens with one attached hydrogen (secondary N) is 2. The summed E-state index contributed by atoms with van der Waals surface area (Å²) in [6, 6.07) is 0. The van der Waals surface area contributed by atoms with Gasteiger partial charge in [-0.05, 0) is 44.6 Å². The van der Waals surface area contributed by atoms with Crippen LogP contribution in [0.1, 0.15) is 43.5 Å². The number of nitrogens with zero attached hydrogens (tertiary/aromatic N) is 1. The zero-order chi connectivity index (χ0) is 16.8. The summed E-state index contributed by atoms with van der Waals surface area (Å²) in [6.07, 6.45) is 3.80. The molecule has 0 bridgehead atoms. The van der Waals surface area contributed by atoms with Gasteiger partial charge in [0.05, 0.1) is 5.39 Å². The van der Waals surface area contributed by atoms with Crippen molar-refractivity contribution >= 4 is 21.6 Å². The van der Waals surface area contributed by atoms with Gasteiger partial charge in [0.15, 0.2) is 5.82 Å². The molecule has 3 atom stereocenters. The number of aromatic amines is 1. The fourth-order valence-corrected chi connectivity index (χ4v) is 5.65. The van der Waals surface area contributed by atoms with Crippen molar-refractivity contribution in [1.82, 2.24) is 9.97 Å². The molecule has 0 amide bonds. The van der Waals surface area contributed by atoms with E-state index in [-0.39, 0.29) is 17.8 Å². The molecule has 0 saturated carbocycles. The number of morpholine rings is 1. The van der Waals surface area contributed by atoms with Crippen molar-refractivity contribution in [2.45, 2.75) is 58.8 Å². The van der Waals surface area contributed by atoms with Gasteiger partial charge in [0.25, 0.3) is 5.56 Å². The van der Waals surface area contributed by atoms with Crippen LogP contribution in [0.15, 0.2) is 4.79 Å². The second kappa shape index (κ2) is 6.24. The predicted octanol–water partition coefficient (Wildman–Crippen LogP) is 1.30. The van der Waals surface area contributed by atoms with Crippen molar-refractivity contribution < 1.29 is 9.64 Å². The lowest BCUT2D eigenvalue weighted by Crippen LogP contribution is -3.14. The fourth-order valence-electron chi connectivity index (χ4n) is 4.25. The average Bonchev–Trinajstić information content (AvgIpc) is 2.83. The van der Waals surface area contributed by atoms with Gasteiger partial charge in [0.1, 0.15) is 36.7 Å². The van der Waals surface area contributed by atoms with Crippen molar-refractivity contribution in [3.63, 3.8) is 0 Å². The average molecular weight is 348 g/mol. The Morgan fingerprint density at radius 2 is 2.04 bits per heavy atom. The first kappa shape index (κ1) is 16.2. The standard InChI is InChI=1S/C18H25N3O2S/c1-10-4-5-13-14(6-10)24-18-16(13)17(22)19-15(20-18)9-21-7-11(2)23-12(3)8-21/h10-12H,4-9H2,1-3H3,(H,19,20,22)/p+1/t10-,11+,12+/m0/s1. The number of ether oxygens (including phenoxy) is 1. The van der Waals surface area contributed by atoms with Gasteiger partial charge in [-0.1, -0.05) is 6.92 Å². The number of hydrogen-bond acceptors (Lipinski definition) is 4. The fraction of sp³-hybridized carbons (Fsp3) is 0.667. The highest BCUT2D eigenvalue weighted by Gasteiger charge is 2.27. The van der Waals surface area contributed by atoms with Crippen LogP contribution in [0.4, 0.5) is 0 Å². The van der Waals surface area contributed by atoms with Crippen LogP contribution in [0.2, 0.25) is 0 Å². The van der Waals surface area contributed by atoms with Gasteiger partial charge in [-0.3, -0.25) is 4.79 Å². The third-order valence-corrected chi connectivity index (χ3v) is 6.40. The Hall–Kier alpha value is -1.24. The van der Waals surface area contributed by atoms with Crippen molar-refractivity contribution in [1.29, 1.82) is 0 Å². The molecule has 1 fully saturated rings. The summed E-state index contributed by atoms with van der Waals surface area (Å²) >= 11 is 1.73. The summed E-state index contributed by atoms with van der Waals surface area (Å²) in [4.78, 5) is 24.3. The van der Waals surface area contributed by atoms with Crippen molar-refractivity contribution in [2.75, 3.05) is 13.1 Å². The van der Waals surface area contributed by atoms with Gasteiger partial charge >= 0.3 is 0 Å². The Morgan fingerprint density at radius 3 is 2.79 bits per heavy atom. The van der Waals surface area contributed by atoms with Crippen LogP contribution in [-0.2, 0) is 24.1 Å². The van der Waals surface area contributed by atoms with Crippen LogP contribution in [0, 0.1) is 5.92 Å². The summed E-state index contributed by atoms with van der Waals surface area (Å²) in [5.41, 5.74) is 1.31. The number of aryl methyl sites for hydroxylation is 1. The van der Waals surface area contributed by atoms with Crippen LogP contribution in [0.25, 0.3) is 10.2 Å². The number of quaternary nitrogens is 1. The highest BCUT2D eigenvalue weighted by atomic mass is 32.1. The van der Waals surface area contributed by atoms with Crippen LogP contribution in [0.3, 0.4) is 0 Å². The normalized spacial score (nSPS) is 30.5. The maximum Gasteiger partial charge on any atom is 0.260 e. The summed E-state index contributed by atoms with van der Waals surface area (Å²) in [5.74, 6) is 1.53. The SMILES string of the molecule is C[C@H]1CCc2c(sc3nc(C[NH+]4C[C@@H](C)O[C@H](C)C4)[nH]c(=O)c23)C1. The van der Waals surface area contributed by atoms with E-state index in [4.69, 9.17) is 9.72 Å². The Kier molecular flexibility index (Phi) is 4.22. The molecule has 2 aromatic heterocycles. The lowest BCUT2D eigenvalue weighted by atomic mass is 9.89. The minimum absolute atomic E-state index is 0.0517. The number of thiophene rings is 1. The molecule has 0 unspecified atom stereocenters. The molecule has 2 aromatic rings. The molecule has 2 aliphatic rings. The second-order valence-corrected chi connectivity index (χ2v) is 8.72.